The Balaban J connectivity index is 2.31. The highest BCUT2D eigenvalue weighted by Gasteiger charge is 2.26. The summed E-state index contributed by atoms with van der Waals surface area (Å²) in [6.07, 6.45) is 0. The smallest absolute Gasteiger partial charge is 0.181 e. The van der Waals surface area contributed by atoms with Crippen molar-refractivity contribution in [1.82, 2.24) is 0 Å². The summed E-state index contributed by atoms with van der Waals surface area (Å²) in [6, 6.07) is 7.86. The van der Waals surface area contributed by atoms with E-state index in [1.165, 1.54) is 25.1 Å². The first-order valence-corrected chi connectivity index (χ1v) is 7.27. The zero-order valence-corrected chi connectivity index (χ0v) is 11.8. The minimum absolute atomic E-state index is 0.124. The predicted molar refractivity (Wildman–Crippen MR) is 73.0 cm³/mol. The van der Waals surface area contributed by atoms with Gasteiger partial charge in [0.2, 0.25) is 0 Å². The molecule has 0 spiro atoms. The summed E-state index contributed by atoms with van der Waals surface area (Å²) < 4.78 is 52.2. The van der Waals surface area contributed by atoms with Crippen LogP contribution in [0.3, 0.4) is 0 Å². The number of hydrogen-bond acceptors (Lipinski definition) is 2. The van der Waals surface area contributed by atoms with E-state index >= 15 is 0 Å². The first-order chi connectivity index (χ1) is 9.91. The van der Waals surface area contributed by atoms with Gasteiger partial charge < -0.3 is 0 Å². The summed E-state index contributed by atoms with van der Waals surface area (Å²) in [6.45, 7) is 1.31. The zero-order chi connectivity index (χ0) is 15.6. The molecule has 0 aromatic heterocycles. The molecule has 0 radical (unpaired) electrons. The lowest BCUT2D eigenvalue weighted by Gasteiger charge is -2.11. The first-order valence-electron chi connectivity index (χ1n) is 6.06. The predicted octanol–water partition coefficient (Wildman–Crippen LogP) is 3.48. The number of rotatable bonds is 4. The quantitative estimate of drug-likeness (QED) is 0.810. The summed E-state index contributed by atoms with van der Waals surface area (Å²) in [5.74, 6) is -3.31. The van der Waals surface area contributed by atoms with Crippen molar-refractivity contribution < 1.29 is 22.2 Å². The molecule has 2 rings (SSSR count). The highest BCUT2D eigenvalue weighted by atomic mass is 32.2. The van der Waals surface area contributed by atoms with E-state index in [-0.39, 0.29) is 10.5 Å². The minimum Gasteiger partial charge on any atom is -0.293 e. The number of benzene rings is 2. The van der Waals surface area contributed by atoms with Crippen molar-refractivity contribution in [2.24, 2.45) is 0 Å². The van der Waals surface area contributed by atoms with E-state index in [1.807, 2.05) is 0 Å². The molecule has 110 valence electrons. The molecular weight excluding hydrogens is 301 g/mol. The number of ketones is 1. The van der Waals surface area contributed by atoms with Crippen LogP contribution in [0.2, 0.25) is 0 Å². The van der Waals surface area contributed by atoms with E-state index in [9.17, 15) is 22.2 Å². The largest absolute Gasteiger partial charge is 0.293 e. The molecule has 0 aliphatic rings. The molecule has 0 amide bonds. The molecule has 2 atom stereocenters. The third-order valence-electron chi connectivity index (χ3n) is 2.94. The summed E-state index contributed by atoms with van der Waals surface area (Å²) in [4.78, 5) is 12.0. The second-order valence-electron chi connectivity index (χ2n) is 4.36. The Morgan fingerprint density at radius 2 is 1.71 bits per heavy atom. The van der Waals surface area contributed by atoms with Crippen LogP contribution in [0.1, 0.15) is 17.3 Å². The maximum Gasteiger partial charge on any atom is 0.181 e. The minimum atomic E-state index is -1.97. The van der Waals surface area contributed by atoms with Gasteiger partial charge in [0.05, 0.1) is 26.5 Å². The van der Waals surface area contributed by atoms with E-state index in [2.05, 4.69) is 0 Å². The Kier molecular flexibility index (Phi) is 4.57. The van der Waals surface area contributed by atoms with Crippen molar-refractivity contribution in [2.75, 3.05) is 0 Å². The summed E-state index contributed by atoms with van der Waals surface area (Å²) >= 11 is 0. The van der Waals surface area contributed by atoms with Crippen LogP contribution in [0.15, 0.2) is 47.4 Å². The van der Waals surface area contributed by atoms with Crippen molar-refractivity contribution in [3.63, 3.8) is 0 Å². The number of halogens is 3. The van der Waals surface area contributed by atoms with Gasteiger partial charge in [0, 0.05) is 6.07 Å². The average molecular weight is 312 g/mol. The second kappa shape index (κ2) is 6.22. The van der Waals surface area contributed by atoms with Gasteiger partial charge in [-0.05, 0) is 31.2 Å². The Hall–Kier alpha value is -1.95. The fraction of sp³-hybridized carbons (Fsp3) is 0.133. The Bertz CT molecular complexity index is 716. The van der Waals surface area contributed by atoms with Crippen LogP contribution in [0.4, 0.5) is 13.2 Å². The van der Waals surface area contributed by atoms with Gasteiger partial charge in [-0.15, -0.1) is 0 Å². The highest BCUT2D eigenvalue weighted by molar-refractivity contribution is 7.86. The van der Waals surface area contributed by atoms with Crippen molar-refractivity contribution >= 4 is 16.6 Å². The topological polar surface area (TPSA) is 34.1 Å². The summed E-state index contributed by atoms with van der Waals surface area (Å²) in [7, 11) is -1.97. The van der Waals surface area contributed by atoms with Crippen molar-refractivity contribution in [2.45, 2.75) is 17.1 Å². The van der Waals surface area contributed by atoms with Gasteiger partial charge in [0.15, 0.2) is 5.78 Å². The van der Waals surface area contributed by atoms with E-state index < -0.39 is 39.3 Å². The van der Waals surface area contributed by atoms with Crippen molar-refractivity contribution in [3.05, 3.63) is 65.5 Å². The SMILES string of the molecule is CC(C(=O)c1ccc(F)cc1F)S(=O)c1ccccc1F. The second-order valence-corrected chi connectivity index (χ2v) is 6.10. The van der Waals surface area contributed by atoms with Crippen LogP contribution >= 0.6 is 0 Å². The lowest BCUT2D eigenvalue weighted by molar-refractivity contribution is 0.0988. The maximum absolute atomic E-state index is 13.6. The van der Waals surface area contributed by atoms with Crippen LogP contribution in [-0.2, 0) is 10.8 Å². The fourth-order valence-electron chi connectivity index (χ4n) is 1.80. The van der Waals surface area contributed by atoms with Gasteiger partial charge in [-0.1, -0.05) is 12.1 Å². The fourth-order valence-corrected chi connectivity index (χ4v) is 2.98. The molecule has 0 saturated heterocycles. The normalized spacial score (nSPS) is 13.7. The molecule has 0 aliphatic carbocycles. The van der Waals surface area contributed by atoms with Crippen molar-refractivity contribution in [1.29, 1.82) is 0 Å². The van der Waals surface area contributed by atoms with E-state index in [1.54, 1.807) is 0 Å². The molecule has 6 heteroatoms. The third-order valence-corrected chi connectivity index (χ3v) is 4.56. The van der Waals surface area contributed by atoms with Gasteiger partial charge >= 0.3 is 0 Å². The summed E-state index contributed by atoms with van der Waals surface area (Å²) in [5.41, 5.74) is -0.367. The highest BCUT2D eigenvalue weighted by Crippen LogP contribution is 2.20. The standard InChI is InChI=1S/C15H11F3O2S/c1-9(21(20)14-5-3-2-4-12(14)17)15(19)11-7-6-10(16)8-13(11)18/h2-9H,1H3. The number of carbonyl (C=O) groups is 1. The molecule has 21 heavy (non-hydrogen) atoms. The van der Waals surface area contributed by atoms with E-state index in [4.69, 9.17) is 0 Å². The molecule has 2 aromatic carbocycles. The lowest BCUT2D eigenvalue weighted by atomic mass is 10.1. The lowest BCUT2D eigenvalue weighted by Crippen LogP contribution is -2.24. The molecule has 0 fully saturated rings. The van der Waals surface area contributed by atoms with Crippen molar-refractivity contribution in [3.8, 4) is 0 Å². The van der Waals surface area contributed by atoms with E-state index in [0.717, 1.165) is 18.2 Å². The number of hydrogen-bond donors (Lipinski definition) is 0. The van der Waals surface area contributed by atoms with Crippen LogP contribution in [-0.4, -0.2) is 15.2 Å². The van der Waals surface area contributed by atoms with Gasteiger partial charge in [-0.25, -0.2) is 13.2 Å². The molecule has 0 N–H and O–H groups in total. The molecule has 2 nitrogen and oxygen atoms in total. The molecular formula is C15H11F3O2S. The maximum atomic E-state index is 13.6. The van der Waals surface area contributed by atoms with Gasteiger partial charge in [-0.3, -0.25) is 9.00 Å². The third kappa shape index (κ3) is 3.21. The van der Waals surface area contributed by atoms with Crippen LogP contribution in [0.25, 0.3) is 0 Å². The molecule has 2 aromatic rings. The first kappa shape index (κ1) is 15.4. The van der Waals surface area contributed by atoms with Gasteiger partial charge in [0.25, 0.3) is 0 Å². The van der Waals surface area contributed by atoms with Crippen LogP contribution in [0.5, 0.6) is 0 Å². The van der Waals surface area contributed by atoms with Crippen LogP contribution < -0.4 is 0 Å². The van der Waals surface area contributed by atoms with Gasteiger partial charge in [-0.2, -0.15) is 0 Å². The molecule has 0 bridgehead atoms. The Morgan fingerprint density at radius 1 is 1.05 bits per heavy atom. The number of Topliss-reactive ketones (excluding diaryl/α,β-unsaturated/α-hetero) is 1. The van der Waals surface area contributed by atoms with Crippen LogP contribution in [0, 0.1) is 17.5 Å². The Labute approximate surface area is 122 Å². The molecule has 0 aliphatic heterocycles. The van der Waals surface area contributed by atoms with E-state index in [0.29, 0.717) is 6.07 Å². The molecule has 2 unspecified atom stereocenters. The number of carbonyl (C=O) groups excluding carboxylic acids is 1. The Morgan fingerprint density at radius 3 is 2.33 bits per heavy atom. The molecule has 0 saturated carbocycles. The average Bonchev–Trinajstić information content (AvgIpc) is 2.45. The summed E-state index contributed by atoms with van der Waals surface area (Å²) in [5, 5.41) is -1.15. The monoisotopic (exact) mass is 312 g/mol. The molecule has 0 heterocycles. The zero-order valence-electron chi connectivity index (χ0n) is 11.0. The van der Waals surface area contributed by atoms with Gasteiger partial charge in [0.1, 0.15) is 17.5 Å².